The van der Waals surface area contributed by atoms with Gasteiger partial charge in [0.15, 0.2) is 5.11 Å². The summed E-state index contributed by atoms with van der Waals surface area (Å²) in [6.07, 6.45) is -3.08. The van der Waals surface area contributed by atoms with Crippen molar-refractivity contribution in [3.05, 3.63) is 82.7 Å². The Morgan fingerprint density at radius 3 is 2.45 bits per heavy atom. The molecule has 1 aromatic heterocycles. The molecule has 0 spiro atoms. The molecule has 0 saturated carbocycles. The van der Waals surface area contributed by atoms with Crippen LogP contribution >= 0.6 is 23.8 Å². The molecule has 0 atom stereocenters. The zero-order valence-corrected chi connectivity index (χ0v) is 17.6. The minimum Gasteiger partial charge on any atom is -0.457 e. The fraction of sp³-hybridized carbons (Fsp3) is 0.0909. The predicted molar refractivity (Wildman–Crippen MR) is 116 cm³/mol. The summed E-state index contributed by atoms with van der Waals surface area (Å²) in [6.45, 7) is 0. The number of rotatable bonds is 3. The third kappa shape index (κ3) is 3.96. The molecular weight excluding hydrogens is 449 g/mol. The molecule has 1 fully saturated rings. The minimum absolute atomic E-state index is 0.213. The van der Waals surface area contributed by atoms with E-state index in [1.807, 2.05) is 6.07 Å². The van der Waals surface area contributed by atoms with Gasteiger partial charge in [-0.25, -0.2) is 0 Å². The van der Waals surface area contributed by atoms with Crippen LogP contribution in [0.1, 0.15) is 11.3 Å². The van der Waals surface area contributed by atoms with E-state index in [0.29, 0.717) is 16.6 Å². The summed E-state index contributed by atoms with van der Waals surface area (Å²) in [7, 11) is 1.66. The van der Waals surface area contributed by atoms with Gasteiger partial charge in [-0.1, -0.05) is 29.8 Å². The van der Waals surface area contributed by atoms with E-state index in [1.165, 1.54) is 29.2 Å². The predicted octanol–water partition coefficient (Wildman–Crippen LogP) is 6.22. The highest BCUT2D eigenvalue weighted by molar-refractivity contribution is 7.80. The molecule has 4 rings (SSSR count). The molecule has 1 aliphatic heterocycles. The van der Waals surface area contributed by atoms with Crippen molar-refractivity contribution in [2.24, 2.45) is 0 Å². The van der Waals surface area contributed by atoms with Gasteiger partial charge in [-0.05, 0) is 54.7 Å². The Hall–Kier alpha value is -3.10. The first-order valence-electron chi connectivity index (χ1n) is 9.02. The van der Waals surface area contributed by atoms with Gasteiger partial charge >= 0.3 is 6.18 Å². The summed E-state index contributed by atoms with van der Waals surface area (Å²) in [5.41, 5.74) is 0.182. The van der Waals surface area contributed by atoms with Crippen LogP contribution < -0.4 is 4.90 Å². The zero-order valence-electron chi connectivity index (χ0n) is 16.0. The van der Waals surface area contributed by atoms with Crippen molar-refractivity contribution < 1.29 is 22.4 Å². The molecule has 0 unspecified atom stereocenters. The van der Waals surface area contributed by atoms with Gasteiger partial charge in [-0.3, -0.25) is 9.69 Å². The first-order chi connectivity index (χ1) is 14.7. The van der Waals surface area contributed by atoms with E-state index < -0.39 is 16.8 Å². The monoisotopic (exact) mass is 462 g/mol. The number of carbonyl (C=O) groups is 1. The van der Waals surface area contributed by atoms with Gasteiger partial charge < -0.3 is 9.32 Å². The summed E-state index contributed by atoms with van der Waals surface area (Å²) in [5, 5.41) is -0.0837. The van der Waals surface area contributed by atoms with Gasteiger partial charge in [-0.2, -0.15) is 13.2 Å². The lowest BCUT2D eigenvalue weighted by Gasteiger charge is -2.16. The second-order valence-corrected chi connectivity index (χ2v) is 7.51. The van der Waals surface area contributed by atoms with Gasteiger partial charge in [0.2, 0.25) is 0 Å². The smallest absolute Gasteiger partial charge is 0.417 e. The fourth-order valence-corrected chi connectivity index (χ4v) is 3.69. The van der Waals surface area contributed by atoms with Crippen LogP contribution in [0.4, 0.5) is 18.9 Å². The highest BCUT2D eigenvalue weighted by Crippen LogP contribution is 2.38. The summed E-state index contributed by atoms with van der Waals surface area (Å²) >= 11 is 11.1. The molecule has 0 bridgehead atoms. The van der Waals surface area contributed by atoms with Crippen molar-refractivity contribution in [3.63, 3.8) is 0 Å². The van der Waals surface area contributed by atoms with Gasteiger partial charge in [0.25, 0.3) is 5.91 Å². The van der Waals surface area contributed by atoms with E-state index in [9.17, 15) is 18.0 Å². The molecule has 1 saturated heterocycles. The molecule has 1 aliphatic rings. The molecule has 158 valence electrons. The Bertz CT molecular complexity index is 1200. The Labute approximate surface area is 186 Å². The van der Waals surface area contributed by atoms with Gasteiger partial charge in [-0.15, -0.1) is 0 Å². The third-order valence-electron chi connectivity index (χ3n) is 4.74. The lowest BCUT2D eigenvalue weighted by Crippen LogP contribution is -2.30. The number of benzene rings is 2. The van der Waals surface area contributed by atoms with Crippen molar-refractivity contribution in [2.45, 2.75) is 6.18 Å². The molecule has 1 amide bonds. The molecule has 0 N–H and O–H groups in total. The molecule has 3 aromatic rings. The van der Waals surface area contributed by atoms with E-state index in [2.05, 4.69) is 0 Å². The molecular formula is C22H14ClF3N2O2S. The SMILES string of the molecule is CN1C(=S)N(c2ccccc2)C(=O)C1=Cc1ccc(-c2ccc(Cl)c(C(F)(F)F)c2)o1. The van der Waals surface area contributed by atoms with Crippen LogP contribution in [-0.2, 0) is 11.0 Å². The zero-order chi connectivity index (χ0) is 22.3. The average molecular weight is 463 g/mol. The summed E-state index contributed by atoms with van der Waals surface area (Å²) in [4.78, 5) is 15.9. The molecule has 9 heteroatoms. The number of amides is 1. The Balaban J connectivity index is 1.66. The summed E-state index contributed by atoms with van der Waals surface area (Å²) in [6, 6.07) is 15.6. The molecule has 2 aromatic carbocycles. The molecule has 0 aliphatic carbocycles. The lowest BCUT2D eigenvalue weighted by molar-refractivity contribution is -0.137. The largest absolute Gasteiger partial charge is 0.457 e. The second kappa shape index (κ2) is 7.86. The Kier molecular flexibility index (Phi) is 5.36. The van der Waals surface area contributed by atoms with E-state index in [1.54, 1.807) is 42.3 Å². The van der Waals surface area contributed by atoms with Crippen molar-refractivity contribution in [3.8, 4) is 11.3 Å². The highest BCUT2D eigenvalue weighted by atomic mass is 35.5. The van der Waals surface area contributed by atoms with Crippen LogP contribution in [0.15, 0.2) is 70.8 Å². The third-order valence-corrected chi connectivity index (χ3v) is 5.52. The average Bonchev–Trinajstić information content (AvgIpc) is 3.27. The maximum atomic E-state index is 13.1. The first-order valence-corrected chi connectivity index (χ1v) is 9.81. The summed E-state index contributed by atoms with van der Waals surface area (Å²) < 4.78 is 45.1. The van der Waals surface area contributed by atoms with Gasteiger partial charge in [0.05, 0.1) is 16.3 Å². The number of nitrogens with zero attached hydrogens (tertiary/aromatic N) is 2. The van der Waals surface area contributed by atoms with E-state index in [4.69, 9.17) is 28.2 Å². The number of furan rings is 1. The van der Waals surface area contributed by atoms with Crippen molar-refractivity contribution in [1.82, 2.24) is 4.90 Å². The lowest BCUT2D eigenvalue weighted by atomic mass is 10.1. The first kappa shape index (κ1) is 21.1. The standard InChI is InChI=1S/C22H14ClF3N2O2S/c1-27-18(20(29)28(21(27)31)14-5-3-2-4-6-14)12-15-8-10-19(30-15)13-7-9-17(23)16(11-13)22(24,25)26/h2-12H,1H3. The fourth-order valence-electron chi connectivity index (χ4n) is 3.18. The summed E-state index contributed by atoms with van der Waals surface area (Å²) in [5.74, 6) is 0.179. The number of anilines is 1. The van der Waals surface area contributed by atoms with Crippen molar-refractivity contribution in [2.75, 3.05) is 11.9 Å². The number of hydrogen-bond acceptors (Lipinski definition) is 3. The molecule has 31 heavy (non-hydrogen) atoms. The van der Waals surface area contributed by atoms with Crippen LogP contribution in [0.5, 0.6) is 0 Å². The molecule has 4 nitrogen and oxygen atoms in total. The van der Waals surface area contributed by atoms with Gasteiger partial charge in [0, 0.05) is 18.7 Å². The maximum absolute atomic E-state index is 13.1. The number of thiocarbonyl (C=S) groups is 1. The number of likely N-dealkylation sites (N-methyl/N-ethyl adjacent to an activating group) is 1. The van der Waals surface area contributed by atoms with Crippen LogP contribution in [0.25, 0.3) is 17.4 Å². The number of hydrogen-bond donors (Lipinski definition) is 0. The topological polar surface area (TPSA) is 36.7 Å². The second-order valence-electron chi connectivity index (χ2n) is 6.74. The number of alkyl halides is 3. The Morgan fingerprint density at radius 1 is 1.06 bits per heavy atom. The van der Waals surface area contributed by atoms with Crippen molar-refractivity contribution in [1.29, 1.82) is 0 Å². The van der Waals surface area contributed by atoms with Crippen LogP contribution in [-0.4, -0.2) is 23.0 Å². The van der Waals surface area contributed by atoms with Gasteiger partial charge in [0.1, 0.15) is 17.2 Å². The quantitative estimate of drug-likeness (QED) is 0.342. The normalized spacial score (nSPS) is 16.0. The highest BCUT2D eigenvalue weighted by Gasteiger charge is 2.37. The van der Waals surface area contributed by atoms with Crippen LogP contribution in [0, 0.1) is 0 Å². The number of carbonyl (C=O) groups excluding carboxylic acids is 1. The van der Waals surface area contributed by atoms with E-state index in [-0.39, 0.29) is 22.9 Å². The Morgan fingerprint density at radius 2 is 1.77 bits per heavy atom. The molecule has 2 heterocycles. The van der Waals surface area contributed by atoms with E-state index in [0.717, 1.165) is 6.07 Å². The maximum Gasteiger partial charge on any atom is 0.417 e. The van der Waals surface area contributed by atoms with Crippen LogP contribution in [0.2, 0.25) is 5.02 Å². The minimum atomic E-state index is -4.58. The van der Waals surface area contributed by atoms with E-state index >= 15 is 0 Å². The number of para-hydroxylation sites is 1. The van der Waals surface area contributed by atoms with Crippen molar-refractivity contribution >= 4 is 46.6 Å². The molecule has 0 radical (unpaired) electrons. The number of halogens is 4. The van der Waals surface area contributed by atoms with Crippen LogP contribution in [0.3, 0.4) is 0 Å².